The Morgan fingerprint density at radius 1 is 1.20 bits per heavy atom. The summed E-state index contributed by atoms with van der Waals surface area (Å²) < 4.78 is 6.74. The topological polar surface area (TPSA) is 47.0 Å². The summed E-state index contributed by atoms with van der Waals surface area (Å²) in [4.78, 5) is 0. The fraction of sp³-hybridized carbons (Fsp3) is 0.429. The average molecular weight is 309 g/mol. The Labute approximate surface area is 128 Å². The number of thioether (sulfide) groups is 1. The number of hydrogen-bond donors (Lipinski definition) is 1. The third-order valence-corrected chi connectivity index (χ3v) is 4.49. The molecular formula is C14H19N3OS2. The van der Waals surface area contributed by atoms with Crippen LogP contribution in [0.2, 0.25) is 0 Å². The molecule has 0 amide bonds. The molecule has 0 radical (unpaired) electrons. The van der Waals surface area contributed by atoms with Gasteiger partial charge in [0, 0.05) is 12.3 Å². The number of anilines is 1. The van der Waals surface area contributed by atoms with Crippen molar-refractivity contribution >= 4 is 28.2 Å². The minimum Gasteiger partial charge on any atom is -0.493 e. The lowest BCUT2D eigenvalue weighted by atomic mass is 10.1. The van der Waals surface area contributed by atoms with Gasteiger partial charge in [0.15, 0.2) is 4.34 Å². The number of aryl methyl sites for hydroxylation is 2. The smallest absolute Gasteiger partial charge is 0.206 e. The second kappa shape index (κ2) is 7.50. The zero-order chi connectivity index (χ0) is 14.4. The molecule has 1 N–H and O–H groups in total. The maximum absolute atomic E-state index is 5.76. The summed E-state index contributed by atoms with van der Waals surface area (Å²) >= 11 is 3.26. The van der Waals surface area contributed by atoms with E-state index in [9.17, 15) is 0 Å². The minimum absolute atomic E-state index is 0.670. The summed E-state index contributed by atoms with van der Waals surface area (Å²) in [6, 6.07) is 6.27. The molecule has 0 atom stereocenters. The molecule has 0 unspecified atom stereocenters. The Kier molecular flexibility index (Phi) is 5.67. The molecule has 1 aromatic heterocycles. The molecule has 0 saturated carbocycles. The fourth-order valence-electron chi connectivity index (χ4n) is 1.80. The van der Waals surface area contributed by atoms with Crippen molar-refractivity contribution in [3.8, 4) is 5.75 Å². The molecule has 0 fully saturated rings. The predicted molar refractivity (Wildman–Crippen MR) is 86.2 cm³/mol. The van der Waals surface area contributed by atoms with Gasteiger partial charge in [0.1, 0.15) is 5.75 Å². The van der Waals surface area contributed by atoms with E-state index in [1.165, 1.54) is 11.1 Å². The van der Waals surface area contributed by atoms with Gasteiger partial charge in [-0.15, -0.1) is 10.2 Å². The largest absolute Gasteiger partial charge is 0.493 e. The summed E-state index contributed by atoms with van der Waals surface area (Å²) in [5, 5.41) is 12.2. The van der Waals surface area contributed by atoms with Crippen molar-refractivity contribution in [2.45, 2.75) is 25.1 Å². The highest BCUT2D eigenvalue weighted by Gasteiger charge is 2.04. The van der Waals surface area contributed by atoms with Gasteiger partial charge in [-0.3, -0.25) is 0 Å². The van der Waals surface area contributed by atoms with Gasteiger partial charge < -0.3 is 10.1 Å². The first kappa shape index (κ1) is 15.1. The Hall–Kier alpha value is -1.27. The lowest BCUT2D eigenvalue weighted by molar-refractivity contribution is 0.343. The monoisotopic (exact) mass is 309 g/mol. The van der Waals surface area contributed by atoms with Crippen LogP contribution >= 0.6 is 23.1 Å². The van der Waals surface area contributed by atoms with Gasteiger partial charge in [0.05, 0.1) is 6.61 Å². The van der Waals surface area contributed by atoms with E-state index in [1.54, 1.807) is 23.1 Å². The lowest BCUT2D eigenvalue weighted by Crippen LogP contribution is -2.00. The normalized spacial score (nSPS) is 10.6. The van der Waals surface area contributed by atoms with Crippen LogP contribution in [-0.2, 0) is 0 Å². The molecule has 1 heterocycles. The number of ether oxygens (including phenoxy) is 1. The number of hydrogen-bond acceptors (Lipinski definition) is 6. The van der Waals surface area contributed by atoms with E-state index >= 15 is 0 Å². The Morgan fingerprint density at radius 3 is 2.65 bits per heavy atom. The van der Waals surface area contributed by atoms with Gasteiger partial charge in [0.25, 0.3) is 0 Å². The quantitative estimate of drug-likeness (QED) is 0.623. The summed E-state index contributed by atoms with van der Waals surface area (Å²) in [6.07, 6.45) is 0. The number of nitrogens with zero attached hydrogens (tertiary/aromatic N) is 2. The summed E-state index contributed by atoms with van der Waals surface area (Å²) in [5.41, 5.74) is 2.46. The maximum Gasteiger partial charge on any atom is 0.206 e. The molecule has 6 heteroatoms. The van der Waals surface area contributed by atoms with Crippen LogP contribution in [0.15, 0.2) is 22.5 Å². The van der Waals surface area contributed by atoms with Crippen LogP contribution in [0.3, 0.4) is 0 Å². The summed E-state index contributed by atoms with van der Waals surface area (Å²) in [7, 11) is 0. The molecule has 0 saturated heterocycles. The second-order valence-electron chi connectivity index (χ2n) is 4.42. The lowest BCUT2D eigenvalue weighted by Gasteiger charge is -2.07. The van der Waals surface area contributed by atoms with Crippen molar-refractivity contribution in [1.82, 2.24) is 10.2 Å². The van der Waals surface area contributed by atoms with Gasteiger partial charge in [-0.25, -0.2) is 0 Å². The van der Waals surface area contributed by atoms with Crippen molar-refractivity contribution in [2.75, 3.05) is 24.2 Å². The summed E-state index contributed by atoms with van der Waals surface area (Å²) in [6.45, 7) is 7.75. The molecule has 0 aliphatic carbocycles. The molecule has 0 spiro atoms. The maximum atomic E-state index is 5.76. The van der Waals surface area contributed by atoms with E-state index in [0.717, 1.165) is 27.5 Å². The number of nitrogens with one attached hydrogen (secondary N) is 1. The third-order valence-electron chi connectivity index (χ3n) is 2.51. The number of aromatic nitrogens is 2. The average Bonchev–Trinajstić information content (AvgIpc) is 2.82. The van der Waals surface area contributed by atoms with Gasteiger partial charge in [-0.2, -0.15) is 0 Å². The van der Waals surface area contributed by atoms with Crippen LogP contribution in [0.5, 0.6) is 5.75 Å². The first-order chi connectivity index (χ1) is 9.67. The van der Waals surface area contributed by atoms with Crippen LogP contribution < -0.4 is 10.1 Å². The molecule has 2 rings (SSSR count). The molecular weight excluding hydrogens is 290 g/mol. The standard InChI is InChI=1S/C14H19N3OS2/c1-4-15-13-16-17-14(20-13)19-6-5-18-12-8-10(2)7-11(3)9-12/h7-9H,4-6H2,1-3H3,(H,15,16). The number of rotatable bonds is 7. The molecule has 0 aliphatic heterocycles. The zero-order valence-corrected chi connectivity index (χ0v) is 13.6. The molecule has 0 bridgehead atoms. The van der Waals surface area contributed by atoms with Crippen LogP contribution in [0, 0.1) is 13.8 Å². The van der Waals surface area contributed by atoms with Crippen molar-refractivity contribution in [1.29, 1.82) is 0 Å². The van der Waals surface area contributed by atoms with E-state index in [2.05, 4.69) is 47.6 Å². The van der Waals surface area contributed by atoms with E-state index in [4.69, 9.17) is 4.74 Å². The van der Waals surface area contributed by atoms with Crippen molar-refractivity contribution in [2.24, 2.45) is 0 Å². The minimum atomic E-state index is 0.670. The Balaban J connectivity index is 1.75. The number of benzene rings is 1. The van der Waals surface area contributed by atoms with Gasteiger partial charge in [-0.1, -0.05) is 29.2 Å². The molecule has 4 nitrogen and oxygen atoms in total. The fourth-order valence-corrected chi connectivity index (χ4v) is 3.50. The molecule has 1 aromatic carbocycles. The second-order valence-corrected chi connectivity index (χ2v) is 6.74. The van der Waals surface area contributed by atoms with Crippen molar-refractivity contribution in [3.63, 3.8) is 0 Å². The predicted octanol–water partition coefficient (Wildman–Crippen LogP) is 3.76. The van der Waals surface area contributed by atoms with Crippen LogP contribution in [0.4, 0.5) is 5.13 Å². The van der Waals surface area contributed by atoms with E-state index < -0.39 is 0 Å². The van der Waals surface area contributed by atoms with Crippen LogP contribution in [0.25, 0.3) is 0 Å². The zero-order valence-electron chi connectivity index (χ0n) is 12.0. The highest BCUT2D eigenvalue weighted by Crippen LogP contribution is 2.25. The highest BCUT2D eigenvalue weighted by atomic mass is 32.2. The van der Waals surface area contributed by atoms with Gasteiger partial charge in [-0.05, 0) is 44.0 Å². The third kappa shape index (κ3) is 4.68. The van der Waals surface area contributed by atoms with Gasteiger partial charge >= 0.3 is 0 Å². The van der Waals surface area contributed by atoms with E-state index in [-0.39, 0.29) is 0 Å². The van der Waals surface area contributed by atoms with Crippen molar-refractivity contribution in [3.05, 3.63) is 29.3 Å². The molecule has 0 aliphatic rings. The van der Waals surface area contributed by atoms with Crippen LogP contribution in [-0.4, -0.2) is 29.1 Å². The SMILES string of the molecule is CCNc1nnc(SCCOc2cc(C)cc(C)c2)s1. The highest BCUT2D eigenvalue weighted by molar-refractivity contribution is 8.01. The molecule has 20 heavy (non-hydrogen) atoms. The molecule has 108 valence electrons. The van der Waals surface area contributed by atoms with Crippen LogP contribution in [0.1, 0.15) is 18.1 Å². The Bertz CT molecular complexity index is 537. The first-order valence-corrected chi connectivity index (χ1v) is 8.39. The van der Waals surface area contributed by atoms with E-state index in [0.29, 0.717) is 6.61 Å². The van der Waals surface area contributed by atoms with Crippen molar-refractivity contribution < 1.29 is 4.74 Å². The molecule has 2 aromatic rings. The van der Waals surface area contributed by atoms with E-state index in [1.807, 2.05) is 6.92 Å². The summed E-state index contributed by atoms with van der Waals surface area (Å²) in [5.74, 6) is 1.81. The Morgan fingerprint density at radius 2 is 1.95 bits per heavy atom. The van der Waals surface area contributed by atoms with Gasteiger partial charge in [0.2, 0.25) is 5.13 Å². The first-order valence-electron chi connectivity index (χ1n) is 6.58.